The Morgan fingerprint density at radius 3 is 2.67 bits per heavy atom. The molecule has 0 amide bonds. The first-order valence-electron chi connectivity index (χ1n) is 9.36. The maximum absolute atomic E-state index is 9.85. The van der Waals surface area contributed by atoms with Gasteiger partial charge in [-0.05, 0) is 79.6 Å². The Hall–Kier alpha value is -3.32. The van der Waals surface area contributed by atoms with Gasteiger partial charge < -0.3 is 5.32 Å². The molecule has 0 saturated heterocycles. The lowest BCUT2D eigenvalue weighted by Gasteiger charge is -2.17. The average Bonchev–Trinajstić information content (AvgIpc) is 3.29. The van der Waals surface area contributed by atoms with Gasteiger partial charge in [-0.3, -0.25) is 4.40 Å². The highest BCUT2D eigenvalue weighted by Crippen LogP contribution is 2.37. The maximum Gasteiger partial charge on any atom is 0.157 e. The fourth-order valence-electron chi connectivity index (χ4n) is 4.18. The largest absolute Gasteiger partial charge is 0.341 e. The molecule has 2 aromatic carbocycles. The number of anilines is 2. The lowest BCUT2D eigenvalue weighted by molar-refractivity contribution is 0.910. The third-order valence-electron chi connectivity index (χ3n) is 5.69. The van der Waals surface area contributed by atoms with Crippen LogP contribution in [0.5, 0.6) is 0 Å². The summed E-state index contributed by atoms with van der Waals surface area (Å²) in [6.07, 6.45) is 3.01. The molecular weight excluding hydrogens is 332 g/mol. The number of benzene rings is 2. The minimum absolute atomic E-state index is 0.726. The van der Waals surface area contributed by atoms with Crippen molar-refractivity contribution in [2.45, 2.75) is 33.1 Å². The zero-order valence-corrected chi connectivity index (χ0v) is 15.5. The van der Waals surface area contributed by atoms with E-state index in [0.717, 1.165) is 58.6 Å². The van der Waals surface area contributed by atoms with Crippen molar-refractivity contribution in [1.82, 2.24) is 9.38 Å². The van der Waals surface area contributed by atoms with E-state index in [4.69, 9.17) is 4.98 Å². The Morgan fingerprint density at radius 1 is 1.04 bits per heavy atom. The molecule has 27 heavy (non-hydrogen) atoms. The summed E-state index contributed by atoms with van der Waals surface area (Å²) < 4.78 is 2.13. The maximum atomic E-state index is 9.85. The molecule has 0 bridgehead atoms. The number of hydrogen-bond donors (Lipinski definition) is 1. The summed E-state index contributed by atoms with van der Waals surface area (Å²) in [7, 11) is 0. The van der Waals surface area contributed by atoms with Crippen LogP contribution in [0.1, 0.15) is 34.2 Å². The van der Waals surface area contributed by atoms with Crippen molar-refractivity contribution in [1.29, 1.82) is 5.26 Å². The summed E-state index contributed by atoms with van der Waals surface area (Å²) in [5, 5.41) is 13.5. The first-order valence-corrected chi connectivity index (χ1v) is 9.36. The molecule has 0 fully saturated rings. The number of para-hydroxylation sites is 2. The van der Waals surface area contributed by atoms with Crippen LogP contribution in [0.3, 0.4) is 0 Å². The van der Waals surface area contributed by atoms with Gasteiger partial charge in [-0.2, -0.15) is 5.26 Å². The highest BCUT2D eigenvalue weighted by atomic mass is 15.1. The Balaban J connectivity index is 1.85. The summed E-state index contributed by atoms with van der Waals surface area (Å²) in [6, 6.07) is 17.0. The number of aromatic nitrogens is 2. The lowest BCUT2D eigenvalue weighted by Crippen LogP contribution is -2.06. The molecule has 0 unspecified atom stereocenters. The van der Waals surface area contributed by atoms with Crippen molar-refractivity contribution in [2.24, 2.45) is 0 Å². The molecule has 4 heteroatoms. The second kappa shape index (κ2) is 5.85. The van der Waals surface area contributed by atoms with Gasteiger partial charge in [0.05, 0.1) is 16.6 Å². The van der Waals surface area contributed by atoms with E-state index in [1.54, 1.807) is 0 Å². The Bertz CT molecular complexity index is 1260. The van der Waals surface area contributed by atoms with Gasteiger partial charge in [-0.1, -0.05) is 18.2 Å². The number of nitriles is 1. The number of pyridine rings is 1. The number of aryl methyl sites for hydroxylation is 2. The second-order valence-corrected chi connectivity index (χ2v) is 7.33. The van der Waals surface area contributed by atoms with Gasteiger partial charge >= 0.3 is 0 Å². The molecule has 0 spiro atoms. The molecule has 0 aliphatic heterocycles. The SMILES string of the molecule is Cc1ccc(Nc2c3c(c(C#N)c4nc5ccccc5n24)CCC3)cc1C. The third-order valence-corrected chi connectivity index (χ3v) is 5.69. The molecule has 4 aromatic rings. The van der Waals surface area contributed by atoms with E-state index in [1.807, 2.05) is 18.2 Å². The molecule has 1 aliphatic carbocycles. The van der Waals surface area contributed by atoms with Crippen LogP contribution in [-0.2, 0) is 12.8 Å². The van der Waals surface area contributed by atoms with E-state index in [9.17, 15) is 5.26 Å². The molecular formula is C23H20N4. The van der Waals surface area contributed by atoms with Gasteiger partial charge in [-0.25, -0.2) is 4.98 Å². The molecule has 5 rings (SSSR count). The van der Waals surface area contributed by atoms with Crippen molar-refractivity contribution in [3.05, 3.63) is 70.3 Å². The first-order chi connectivity index (χ1) is 13.2. The van der Waals surface area contributed by atoms with Crippen LogP contribution in [0, 0.1) is 25.2 Å². The number of fused-ring (bicyclic) bond motifs is 4. The topological polar surface area (TPSA) is 53.1 Å². The van der Waals surface area contributed by atoms with E-state index in [-0.39, 0.29) is 0 Å². The lowest BCUT2D eigenvalue weighted by atomic mass is 10.1. The van der Waals surface area contributed by atoms with Crippen molar-refractivity contribution in [2.75, 3.05) is 5.32 Å². The Labute approximate surface area is 158 Å². The summed E-state index contributed by atoms with van der Waals surface area (Å²) in [5.74, 6) is 1.05. The number of nitrogens with one attached hydrogen (secondary N) is 1. The van der Waals surface area contributed by atoms with Crippen molar-refractivity contribution >= 4 is 28.2 Å². The van der Waals surface area contributed by atoms with Gasteiger partial charge in [0.2, 0.25) is 0 Å². The van der Waals surface area contributed by atoms with Crippen LogP contribution in [0.2, 0.25) is 0 Å². The molecule has 2 heterocycles. The molecule has 0 atom stereocenters. The molecule has 1 aliphatic rings. The molecule has 4 nitrogen and oxygen atoms in total. The molecule has 1 N–H and O–H groups in total. The third kappa shape index (κ3) is 2.32. The van der Waals surface area contributed by atoms with Crippen LogP contribution < -0.4 is 5.32 Å². The fourth-order valence-corrected chi connectivity index (χ4v) is 4.18. The van der Waals surface area contributed by atoms with Crippen LogP contribution in [-0.4, -0.2) is 9.38 Å². The first kappa shape index (κ1) is 15.9. The second-order valence-electron chi connectivity index (χ2n) is 7.33. The van der Waals surface area contributed by atoms with Gasteiger partial charge in [0.15, 0.2) is 5.65 Å². The minimum Gasteiger partial charge on any atom is -0.341 e. The number of nitrogens with zero attached hydrogens (tertiary/aromatic N) is 3. The number of rotatable bonds is 2. The normalized spacial score (nSPS) is 13.1. The van der Waals surface area contributed by atoms with Crippen LogP contribution in [0.4, 0.5) is 11.5 Å². The van der Waals surface area contributed by atoms with Gasteiger partial charge in [0.25, 0.3) is 0 Å². The van der Waals surface area contributed by atoms with Crippen molar-refractivity contribution in [3.63, 3.8) is 0 Å². The summed E-state index contributed by atoms with van der Waals surface area (Å²) in [4.78, 5) is 4.80. The van der Waals surface area contributed by atoms with Crippen LogP contribution >= 0.6 is 0 Å². The predicted molar refractivity (Wildman–Crippen MR) is 109 cm³/mol. The van der Waals surface area contributed by atoms with E-state index < -0.39 is 0 Å². The van der Waals surface area contributed by atoms with E-state index in [0.29, 0.717) is 0 Å². The summed E-state index contributed by atoms with van der Waals surface area (Å²) in [6.45, 7) is 4.26. The van der Waals surface area contributed by atoms with Crippen LogP contribution in [0.25, 0.3) is 16.7 Å². The standard InChI is InChI=1S/C23H20N4/c1-14-10-11-16(12-15(14)2)25-22-18-7-5-6-17(18)19(13-24)23-26-20-8-3-4-9-21(20)27(22)23/h3-4,8-12,25H,5-7H2,1-2H3. The summed E-state index contributed by atoms with van der Waals surface area (Å²) in [5.41, 5.74) is 9.45. The van der Waals surface area contributed by atoms with E-state index in [1.165, 1.54) is 16.7 Å². The average molecular weight is 352 g/mol. The number of imidazole rings is 1. The summed E-state index contributed by atoms with van der Waals surface area (Å²) >= 11 is 0. The van der Waals surface area contributed by atoms with Gasteiger partial charge in [-0.15, -0.1) is 0 Å². The van der Waals surface area contributed by atoms with Gasteiger partial charge in [0.1, 0.15) is 11.9 Å². The van der Waals surface area contributed by atoms with E-state index >= 15 is 0 Å². The molecule has 132 valence electrons. The van der Waals surface area contributed by atoms with E-state index in [2.05, 4.69) is 53.9 Å². The molecule has 2 aromatic heterocycles. The Morgan fingerprint density at radius 2 is 1.85 bits per heavy atom. The quantitative estimate of drug-likeness (QED) is 0.539. The highest BCUT2D eigenvalue weighted by Gasteiger charge is 2.25. The van der Waals surface area contributed by atoms with Crippen LogP contribution in [0.15, 0.2) is 42.5 Å². The number of hydrogen-bond acceptors (Lipinski definition) is 3. The smallest absolute Gasteiger partial charge is 0.157 e. The van der Waals surface area contributed by atoms with Gasteiger partial charge in [0, 0.05) is 5.69 Å². The molecule has 0 radical (unpaired) electrons. The fraction of sp³-hybridized carbons (Fsp3) is 0.217. The minimum atomic E-state index is 0.726. The zero-order chi connectivity index (χ0) is 18.5. The highest BCUT2D eigenvalue weighted by molar-refractivity contribution is 5.87. The predicted octanol–water partition coefficient (Wildman–Crippen LogP) is 5.21. The monoisotopic (exact) mass is 352 g/mol. The zero-order valence-electron chi connectivity index (χ0n) is 15.5. The molecule has 0 saturated carbocycles. The van der Waals surface area contributed by atoms with Crippen molar-refractivity contribution in [3.8, 4) is 6.07 Å². The van der Waals surface area contributed by atoms with Crippen molar-refractivity contribution < 1.29 is 0 Å². The Kier molecular flexibility index (Phi) is 3.45.